The molecule has 0 atom stereocenters. The highest BCUT2D eigenvalue weighted by atomic mass is 35.5. The van der Waals surface area contributed by atoms with E-state index >= 15 is 0 Å². The molecule has 4 aliphatic rings. The second kappa shape index (κ2) is 11.2. The van der Waals surface area contributed by atoms with E-state index in [2.05, 4.69) is 32.4 Å². The van der Waals surface area contributed by atoms with Crippen LogP contribution in [0.15, 0.2) is 48.8 Å². The Hall–Kier alpha value is -4.26. The quantitative estimate of drug-likeness (QED) is 0.284. The van der Waals surface area contributed by atoms with Gasteiger partial charge in [-0.1, -0.05) is 35.6 Å². The zero-order valence-corrected chi connectivity index (χ0v) is 24.6. The number of carbonyl (C=O) groups is 2. The number of fused-ring (bicyclic) bond motifs is 2. The summed E-state index contributed by atoms with van der Waals surface area (Å²) in [6.07, 6.45) is 9.42. The predicted molar refractivity (Wildman–Crippen MR) is 163 cm³/mol. The lowest BCUT2D eigenvalue weighted by Crippen LogP contribution is -2.46. The third-order valence-electron chi connectivity index (χ3n) is 8.12. The Morgan fingerprint density at radius 1 is 1.33 bits per heavy atom. The Bertz CT molecular complexity index is 1640. The second-order valence-electron chi connectivity index (χ2n) is 11.3. The van der Waals surface area contributed by atoms with Gasteiger partial charge in [0.2, 0.25) is 5.91 Å². The first-order chi connectivity index (χ1) is 20.3. The van der Waals surface area contributed by atoms with Gasteiger partial charge in [-0.05, 0) is 51.1 Å². The maximum Gasteiger partial charge on any atom is 0.255 e. The van der Waals surface area contributed by atoms with Gasteiger partial charge >= 0.3 is 0 Å². The lowest BCUT2D eigenvalue weighted by Gasteiger charge is -2.37. The first kappa shape index (κ1) is 27.9. The summed E-state index contributed by atoms with van der Waals surface area (Å²) >= 11 is 6.41. The number of ether oxygens (including phenoxy) is 1. The number of methoxy groups -OCH3 is 1. The Kier molecular flexibility index (Phi) is 7.43. The number of benzene rings is 1. The SMILES string of the molecule is COc1c(Cl)cccc1Nc1c(-c2ccncc2C#CC23CC(CN2C(=O)/C=C/CN(C)C)C3)[nH]c2c1C(=O)NCC2. The van der Waals surface area contributed by atoms with Crippen LogP contribution >= 0.6 is 11.6 Å². The molecular weight excluding hydrogens is 552 g/mol. The van der Waals surface area contributed by atoms with E-state index in [4.69, 9.17) is 16.3 Å². The van der Waals surface area contributed by atoms with Gasteiger partial charge in [-0.2, -0.15) is 0 Å². The van der Waals surface area contributed by atoms with E-state index in [1.54, 1.807) is 31.6 Å². The van der Waals surface area contributed by atoms with Crippen LogP contribution in [0, 0.1) is 17.8 Å². The Labute approximate surface area is 250 Å². The molecular formula is C32H33ClN6O3. The van der Waals surface area contributed by atoms with Crippen LogP contribution < -0.4 is 15.4 Å². The lowest BCUT2D eigenvalue weighted by molar-refractivity contribution is -0.127. The van der Waals surface area contributed by atoms with Gasteiger partial charge in [0.05, 0.1) is 40.3 Å². The number of halogens is 1. The number of anilines is 2. The average Bonchev–Trinajstić information content (AvgIpc) is 3.62. The van der Waals surface area contributed by atoms with Crippen molar-refractivity contribution >= 4 is 34.8 Å². The number of nitrogens with zero attached hydrogens (tertiary/aromatic N) is 3. The summed E-state index contributed by atoms with van der Waals surface area (Å²) in [7, 11) is 5.50. The number of likely N-dealkylation sites (N-methyl/N-ethyl adjacent to an activating group) is 1. The van der Waals surface area contributed by atoms with Crippen molar-refractivity contribution in [3.63, 3.8) is 0 Å². The van der Waals surface area contributed by atoms with Crippen LogP contribution in [0.25, 0.3) is 11.3 Å². The third-order valence-corrected chi connectivity index (χ3v) is 8.42. The van der Waals surface area contributed by atoms with Crippen LogP contribution in [-0.2, 0) is 11.2 Å². The fourth-order valence-corrected chi connectivity index (χ4v) is 6.41. The molecule has 3 N–H and O–H groups in total. The molecule has 1 aliphatic carbocycles. The van der Waals surface area contributed by atoms with E-state index in [9.17, 15) is 9.59 Å². The summed E-state index contributed by atoms with van der Waals surface area (Å²) in [5, 5.41) is 6.83. The molecule has 5 heterocycles. The molecule has 2 aromatic heterocycles. The summed E-state index contributed by atoms with van der Waals surface area (Å²) in [6, 6.07) is 7.32. The topological polar surface area (TPSA) is 103 Å². The van der Waals surface area contributed by atoms with Crippen molar-refractivity contribution < 1.29 is 14.3 Å². The first-order valence-corrected chi connectivity index (χ1v) is 14.4. The van der Waals surface area contributed by atoms with E-state index < -0.39 is 5.54 Å². The van der Waals surface area contributed by atoms with Crippen LogP contribution in [-0.4, -0.2) is 78.0 Å². The van der Waals surface area contributed by atoms with E-state index in [0.29, 0.717) is 58.7 Å². The second-order valence-corrected chi connectivity index (χ2v) is 11.7. The lowest BCUT2D eigenvalue weighted by atomic mass is 9.73. The van der Waals surface area contributed by atoms with Crippen molar-refractivity contribution in [3.8, 4) is 28.8 Å². The van der Waals surface area contributed by atoms with Gasteiger partial charge in [-0.25, -0.2) is 0 Å². The highest BCUT2D eigenvalue weighted by Crippen LogP contribution is 2.50. The van der Waals surface area contributed by atoms with Crippen LogP contribution in [0.5, 0.6) is 5.75 Å². The van der Waals surface area contributed by atoms with Gasteiger partial charge in [0.15, 0.2) is 5.75 Å². The zero-order chi connectivity index (χ0) is 29.4. The monoisotopic (exact) mass is 584 g/mol. The molecule has 2 saturated heterocycles. The third kappa shape index (κ3) is 5.02. The molecule has 3 aromatic rings. The number of pyridine rings is 1. The smallest absolute Gasteiger partial charge is 0.255 e. The van der Waals surface area contributed by atoms with Crippen molar-refractivity contribution in [3.05, 3.63) is 70.7 Å². The molecule has 1 saturated carbocycles. The number of aromatic nitrogens is 2. The van der Waals surface area contributed by atoms with Crippen molar-refractivity contribution in [2.45, 2.75) is 24.8 Å². The molecule has 2 amide bonds. The normalized spacial score (nSPS) is 20.5. The van der Waals surface area contributed by atoms with Crippen LogP contribution in [0.2, 0.25) is 5.02 Å². The van der Waals surface area contributed by atoms with Crippen LogP contribution in [0.1, 0.15) is 34.5 Å². The highest BCUT2D eigenvalue weighted by Gasteiger charge is 2.56. The van der Waals surface area contributed by atoms with E-state index in [1.165, 1.54) is 0 Å². The van der Waals surface area contributed by atoms with Crippen LogP contribution in [0.3, 0.4) is 0 Å². The van der Waals surface area contributed by atoms with Crippen molar-refractivity contribution in [2.75, 3.05) is 46.2 Å². The number of para-hydroxylation sites is 1. The molecule has 42 heavy (non-hydrogen) atoms. The standard InChI is InChI=1S/C32H33ClN6O3/c1-38(2)15-5-8-26(40)39-19-20-16-32(39,17-20)12-9-21-18-34-13-10-22(21)28-29(27-24(36-28)11-14-35-31(27)41)37-25-7-4-6-23(33)30(25)42-3/h4-8,10,13,18,20,36-37H,11,14-17,19H2,1-3H3,(H,35,41)/b8-5+. The van der Waals surface area contributed by atoms with Gasteiger partial charge in [-0.15, -0.1) is 0 Å². The molecule has 0 radical (unpaired) electrons. The number of rotatable bonds is 7. The number of hydrogen-bond donors (Lipinski definition) is 3. The zero-order valence-electron chi connectivity index (χ0n) is 23.9. The number of aromatic amines is 1. The number of H-pyrrole nitrogens is 1. The Morgan fingerprint density at radius 3 is 2.95 bits per heavy atom. The van der Waals surface area contributed by atoms with Crippen molar-refractivity contribution in [1.82, 2.24) is 25.1 Å². The van der Waals surface area contributed by atoms with E-state index in [0.717, 1.165) is 36.3 Å². The maximum absolute atomic E-state index is 13.1. The molecule has 216 valence electrons. The minimum Gasteiger partial charge on any atom is -0.493 e. The molecule has 9 nitrogen and oxygen atoms in total. The van der Waals surface area contributed by atoms with Gasteiger partial charge in [-0.3, -0.25) is 14.6 Å². The molecule has 7 rings (SSSR count). The highest BCUT2D eigenvalue weighted by molar-refractivity contribution is 6.32. The van der Waals surface area contributed by atoms with Crippen LogP contribution in [0.4, 0.5) is 11.4 Å². The molecule has 1 aromatic carbocycles. The molecule has 3 aliphatic heterocycles. The fraction of sp³-hybridized carbons (Fsp3) is 0.344. The number of nitrogens with one attached hydrogen (secondary N) is 3. The summed E-state index contributed by atoms with van der Waals surface area (Å²) < 4.78 is 5.56. The van der Waals surface area contributed by atoms with Gasteiger partial charge < -0.3 is 30.2 Å². The largest absolute Gasteiger partial charge is 0.493 e. The predicted octanol–water partition coefficient (Wildman–Crippen LogP) is 4.23. The van der Waals surface area contributed by atoms with Gasteiger partial charge in [0.25, 0.3) is 5.91 Å². The Balaban J connectivity index is 1.39. The van der Waals surface area contributed by atoms with E-state index in [1.807, 2.05) is 48.2 Å². The average molecular weight is 585 g/mol. The van der Waals surface area contributed by atoms with Crippen molar-refractivity contribution in [2.24, 2.45) is 5.92 Å². The number of amides is 2. The molecule has 3 fully saturated rings. The molecule has 0 unspecified atom stereocenters. The molecule has 0 spiro atoms. The fourth-order valence-electron chi connectivity index (χ4n) is 6.15. The molecule has 2 bridgehead atoms. The maximum atomic E-state index is 13.1. The summed E-state index contributed by atoms with van der Waals surface area (Å²) in [5.74, 6) is 7.64. The Morgan fingerprint density at radius 2 is 2.17 bits per heavy atom. The summed E-state index contributed by atoms with van der Waals surface area (Å²) in [6.45, 7) is 1.98. The van der Waals surface area contributed by atoms with Gasteiger partial charge in [0, 0.05) is 55.8 Å². The van der Waals surface area contributed by atoms with Gasteiger partial charge in [0.1, 0.15) is 5.54 Å². The minimum absolute atomic E-state index is 0.00238. The number of carbonyl (C=O) groups excluding carboxylic acids is 2. The minimum atomic E-state index is -0.471. The first-order valence-electron chi connectivity index (χ1n) is 14.0. The summed E-state index contributed by atoms with van der Waals surface area (Å²) in [5.41, 5.74) is 4.40. The summed E-state index contributed by atoms with van der Waals surface area (Å²) in [4.78, 5) is 38.0. The number of hydrogen-bond acceptors (Lipinski definition) is 6. The van der Waals surface area contributed by atoms with Crippen molar-refractivity contribution in [1.29, 1.82) is 0 Å². The molecule has 10 heteroatoms. The van der Waals surface area contributed by atoms with E-state index in [-0.39, 0.29) is 11.8 Å².